The van der Waals surface area contributed by atoms with Crippen LogP contribution in [-0.4, -0.2) is 29.1 Å². The summed E-state index contributed by atoms with van der Waals surface area (Å²) in [5.74, 6) is 0.600. The molecule has 0 spiro atoms. The van der Waals surface area contributed by atoms with Crippen LogP contribution in [-0.2, 0) is 4.79 Å². The van der Waals surface area contributed by atoms with Gasteiger partial charge in [0, 0.05) is 18.5 Å². The zero-order chi connectivity index (χ0) is 15.2. The van der Waals surface area contributed by atoms with Crippen LogP contribution in [0.3, 0.4) is 0 Å². The van der Waals surface area contributed by atoms with Crippen LogP contribution in [0.2, 0.25) is 0 Å². The fourth-order valence-electron chi connectivity index (χ4n) is 3.12. The second kappa shape index (κ2) is 4.74. The highest BCUT2D eigenvalue weighted by Crippen LogP contribution is 2.43. The van der Waals surface area contributed by atoms with E-state index in [2.05, 4.69) is 6.07 Å². The number of carbonyl (C=O) groups is 1. The molecule has 0 aromatic heterocycles. The van der Waals surface area contributed by atoms with Gasteiger partial charge in [-0.1, -0.05) is 6.10 Å². The maximum Gasteiger partial charge on any atom is 0.223 e. The number of ether oxygens (including phenoxy) is 1. The quantitative estimate of drug-likeness (QED) is 0.775. The lowest BCUT2D eigenvalue weighted by molar-refractivity contribution is -0.462. The Bertz CT molecular complexity index is 633. The SMILES string of the molecule is CC1(C)Oc2ccc(C#N)cc2[C@H](N2CCCC2=O)[C@@H]1[O-]. The Labute approximate surface area is 123 Å². The van der Waals surface area contributed by atoms with E-state index in [1.165, 1.54) is 0 Å². The number of benzene rings is 1. The largest absolute Gasteiger partial charge is 0.847 e. The molecular formula is C16H17N2O3-. The first-order valence-corrected chi connectivity index (χ1v) is 7.12. The van der Waals surface area contributed by atoms with Gasteiger partial charge in [-0.25, -0.2) is 0 Å². The number of nitriles is 1. The van der Waals surface area contributed by atoms with Crippen molar-refractivity contribution >= 4 is 5.91 Å². The predicted molar refractivity (Wildman–Crippen MR) is 73.3 cm³/mol. The minimum atomic E-state index is -1.08. The molecule has 1 amide bonds. The molecule has 1 aromatic rings. The standard InChI is InChI=1S/C16H17N2O3/c1-16(2)15(20)14(18-7-3-4-13(18)19)11-8-10(9-17)5-6-12(11)21-16/h5-6,8,14-15H,3-4,7H2,1-2H3/q-1/t14-,15-/m0/s1. The molecule has 1 saturated heterocycles. The van der Waals surface area contributed by atoms with E-state index in [0.29, 0.717) is 29.8 Å². The lowest BCUT2D eigenvalue weighted by Gasteiger charge is -2.51. The molecule has 0 N–H and O–H groups in total. The summed E-state index contributed by atoms with van der Waals surface area (Å²) in [4.78, 5) is 13.7. The fraction of sp³-hybridized carbons (Fsp3) is 0.500. The topological polar surface area (TPSA) is 76.4 Å². The second-order valence-electron chi connectivity index (χ2n) is 6.13. The zero-order valence-corrected chi connectivity index (χ0v) is 12.1. The van der Waals surface area contributed by atoms with E-state index >= 15 is 0 Å². The summed E-state index contributed by atoms with van der Waals surface area (Å²) in [5, 5.41) is 21.9. The fourth-order valence-corrected chi connectivity index (χ4v) is 3.12. The highest BCUT2D eigenvalue weighted by Gasteiger charge is 2.42. The van der Waals surface area contributed by atoms with Gasteiger partial charge in [0.25, 0.3) is 0 Å². The Hall–Kier alpha value is -2.06. The Kier molecular flexibility index (Phi) is 3.14. The normalized spacial score (nSPS) is 27.0. The maximum absolute atomic E-state index is 12.8. The summed E-state index contributed by atoms with van der Waals surface area (Å²) in [6, 6.07) is 6.57. The number of carbonyl (C=O) groups excluding carboxylic acids is 1. The summed E-state index contributed by atoms with van der Waals surface area (Å²) in [6.45, 7) is 4.09. The lowest BCUT2D eigenvalue weighted by atomic mass is 9.85. The van der Waals surface area contributed by atoms with Gasteiger partial charge in [-0.2, -0.15) is 5.26 Å². The van der Waals surface area contributed by atoms with Crippen LogP contribution < -0.4 is 9.84 Å². The van der Waals surface area contributed by atoms with Gasteiger partial charge < -0.3 is 14.7 Å². The van der Waals surface area contributed by atoms with Gasteiger partial charge in [0.2, 0.25) is 5.91 Å². The van der Waals surface area contributed by atoms with Crippen molar-refractivity contribution in [2.75, 3.05) is 6.54 Å². The molecule has 0 saturated carbocycles. The molecule has 2 heterocycles. The van der Waals surface area contributed by atoms with Gasteiger partial charge in [-0.3, -0.25) is 4.79 Å². The van der Waals surface area contributed by atoms with Gasteiger partial charge in [-0.05, 0) is 38.5 Å². The van der Waals surface area contributed by atoms with Crippen molar-refractivity contribution in [1.82, 2.24) is 4.90 Å². The Balaban J connectivity index is 2.12. The third kappa shape index (κ3) is 2.16. The first-order valence-electron chi connectivity index (χ1n) is 7.12. The third-order valence-electron chi connectivity index (χ3n) is 4.25. The van der Waals surface area contributed by atoms with E-state index in [1.807, 2.05) is 0 Å². The summed E-state index contributed by atoms with van der Waals surface area (Å²) in [6.07, 6.45) is 0.176. The first kappa shape index (κ1) is 13.9. The molecule has 0 unspecified atom stereocenters. The number of likely N-dealkylation sites (tertiary alicyclic amines) is 1. The molecular weight excluding hydrogens is 268 g/mol. The van der Waals surface area contributed by atoms with Crippen molar-refractivity contribution < 1.29 is 14.6 Å². The van der Waals surface area contributed by atoms with Gasteiger partial charge in [0.15, 0.2) is 0 Å². The predicted octanol–water partition coefficient (Wildman–Crippen LogP) is 1.12. The van der Waals surface area contributed by atoms with Crippen molar-refractivity contribution in [2.45, 2.75) is 44.4 Å². The number of amides is 1. The number of fused-ring (bicyclic) bond motifs is 1. The molecule has 2 atom stereocenters. The number of rotatable bonds is 1. The van der Waals surface area contributed by atoms with Gasteiger partial charge in [-0.15, -0.1) is 0 Å². The Morgan fingerprint density at radius 3 is 2.86 bits per heavy atom. The number of nitrogens with zero attached hydrogens (tertiary/aromatic N) is 2. The summed E-state index contributed by atoms with van der Waals surface area (Å²) in [7, 11) is 0. The highest BCUT2D eigenvalue weighted by molar-refractivity contribution is 5.79. The van der Waals surface area contributed by atoms with Crippen molar-refractivity contribution in [3.05, 3.63) is 29.3 Å². The van der Waals surface area contributed by atoms with Crippen molar-refractivity contribution in [3.8, 4) is 11.8 Å². The third-order valence-corrected chi connectivity index (χ3v) is 4.25. The first-order chi connectivity index (χ1) is 9.94. The highest BCUT2D eigenvalue weighted by atomic mass is 16.5. The van der Waals surface area contributed by atoms with E-state index in [9.17, 15) is 9.90 Å². The Morgan fingerprint density at radius 1 is 1.48 bits per heavy atom. The van der Waals surface area contributed by atoms with Crippen molar-refractivity contribution in [1.29, 1.82) is 5.26 Å². The lowest BCUT2D eigenvalue weighted by Crippen LogP contribution is -2.60. The van der Waals surface area contributed by atoms with Crippen LogP contribution in [0.5, 0.6) is 5.75 Å². The summed E-state index contributed by atoms with van der Waals surface area (Å²) in [5.41, 5.74) is 0.235. The molecule has 0 aliphatic carbocycles. The Morgan fingerprint density at radius 2 is 2.24 bits per heavy atom. The van der Waals surface area contributed by atoms with Crippen LogP contribution in [0.4, 0.5) is 0 Å². The van der Waals surface area contributed by atoms with Gasteiger partial charge in [0.1, 0.15) is 5.75 Å². The zero-order valence-electron chi connectivity index (χ0n) is 12.1. The summed E-state index contributed by atoms with van der Waals surface area (Å²) >= 11 is 0. The second-order valence-corrected chi connectivity index (χ2v) is 6.13. The van der Waals surface area contributed by atoms with E-state index < -0.39 is 17.7 Å². The van der Waals surface area contributed by atoms with E-state index in [4.69, 9.17) is 10.00 Å². The van der Waals surface area contributed by atoms with Crippen LogP contribution in [0, 0.1) is 11.3 Å². The molecule has 0 radical (unpaired) electrons. The average Bonchev–Trinajstić information content (AvgIpc) is 2.86. The van der Waals surface area contributed by atoms with Crippen LogP contribution in [0.25, 0.3) is 0 Å². The maximum atomic E-state index is 12.8. The van der Waals surface area contributed by atoms with Crippen LogP contribution >= 0.6 is 0 Å². The molecule has 21 heavy (non-hydrogen) atoms. The van der Waals surface area contributed by atoms with Crippen LogP contribution in [0.15, 0.2) is 18.2 Å². The van der Waals surface area contributed by atoms with Gasteiger partial charge >= 0.3 is 0 Å². The minimum absolute atomic E-state index is 0.00635. The summed E-state index contributed by atoms with van der Waals surface area (Å²) < 4.78 is 5.80. The minimum Gasteiger partial charge on any atom is -0.847 e. The van der Waals surface area contributed by atoms with Crippen LogP contribution in [0.1, 0.15) is 43.9 Å². The molecule has 2 aliphatic heterocycles. The number of hydrogen-bond donors (Lipinski definition) is 0. The molecule has 1 aromatic carbocycles. The van der Waals surface area contributed by atoms with E-state index in [-0.39, 0.29) is 5.91 Å². The molecule has 5 nitrogen and oxygen atoms in total. The van der Waals surface area contributed by atoms with Gasteiger partial charge in [0.05, 0.1) is 23.3 Å². The average molecular weight is 285 g/mol. The molecule has 2 aliphatic rings. The smallest absolute Gasteiger partial charge is 0.223 e. The van der Waals surface area contributed by atoms with E-state index in [1.54, 1.807) is 36.9 Å². The van der Waals surface area contributed by atoms with Crippen molar-refractivity contribution in [2.24, 2.45) is 0 Å². The molecule has 0 bridgehead atoms. The monoisotopic (exact) mass is 285 g/mol. The van der Waals surface area contributed by atoms with Crippen molar-refractivity contribution in [3.63, 3.8) is 0 Å². The molecule has 110 valence electrons. The van der Waals surface area contributed by atoms with E-state index in [0.717, 1.165) is 6.42 Å². The molecule has 3 rings (SSSR count). The molecule has 5 heteroatoms. The molecule has 1 fully saturated rings. The number of hydrogen-bond acceptors (Lipinski definition) is 4.